The van der Waals surface area contributed by atoms with E-state index in [9.17, 15) is 0 Å². The first-order chi connectivity index (χ1) is 9.21. The minimum absolute atomic E-state index is 0.0977. The van der Waals surface area contributed by atoms with Gasteiger partial charge in [-0.05, 0) is 31.4 Å². The molecule has 1 aliphatic carbocycles. The number of aromatic nitrogens is 2. The molecule has 1 aromatic heterocycles. The predicted molar refractivity (Wildman–Crippen MR) is 71.4 cm³/mol. The zero-order chi connectivity index (χ0) is 13.3. The van der Waals surface area contributed by atoms with E-state index in [1.54, 1.807) is 7.11 Å². The molecule has 100 valence electrons. The smallest absolute Gasteiger partial charge is 0.229 e. The van der Waals surface area contributed by atoms with E-state index in [1.807, 2.05) is 24.3 Å². The lowest BCUT2D eigenvalue weighted by Gasteiger charge is -2.39. The summed E-state index contributed by atoms with van der Waals surface area (Å²) in [6, 6.07) is 7.46. The molecule has 1 fully saturated rings. The highest BCUT2D eigenvalue weighted by Crippen LogP contribution is 2.37. The molecule has 1 aliphatic rings. The summed E-state index contributed by atoms with van der Waals surface area (Å²) in [4.78, 5) is 4.42. The van der Waals surface area contributed by atoms with Crippen molar-refractivity contribution >= 4 is 5.69 Å². The number of hydrogen-bond donors (Lipinski definition) is 1. The Labute approximate surface area is 111 Å². The molecule has 2 N–H and O–H groups in total. The first kappa shape index (κ1) is 12.2. The topological polar surface area (TPSA) is 74.2 Å². The van der Waals surface area contributed by atoms with Gasteiger partial charge in [0, 0.05) is 18.4 Å². The third-order valence-corrected chi connectivity index (χ3v) is 3.78. The van der Waals surface area contributed by atoms with Gasteiger partial charge >= 0.3 is 0 Å². The number of ether oxygens (including phenoxy) is 1. The van der Waals surface area contributed by atoms with E-state index < -0.39 is 0 Å². The van der Waals surface area contributed by atoms with Crippen LogP contribution in [-0.2, 0) is 11.2 Å². The Morgan fingerprint density at radius 1 is 1.42 bits per heavy atom. The lowest BCUT2D eigenvalue weighted by atomic mass is 9.77. The standard InChI is InChI=1S/C14H17N3O2/c1-18-14(6-3-7-14)9-12-16-13(17-19-12)10-4-2-5-11(15)8-10/h2,4-5,8H,3,6-7,9,15H2,1H3. The first-order valence-corrected chi connectivity index (χ1v) is 6.44. The molecular formula is C14H17N3O2. The third kappa shape index (κ3) is 2.33. The minimum atomic E-state index is -0.0977. The van der Waals surface area contributed by atoms with Gasteiger partial charge in [0.05, 0.1) is 12.0 Å². The van der Waals surface area contributed by atoms with Gasteiger partial charge in [-0.1, -0.05) is 17.3 Å². The Morgan fingerprint density at radius 2 is 2.26 bits per heavy atom. The lowest BCUT2D eigenvalue weighted by Crippen LogP contribution is -2.41. The predicted octanol–water partition coefficient (Wildman–Crippen LogP) is 2.43. The second-order valence-electron chi connectivity index (χ2n) is 5.05. The van der Waals surface area contributed by atoms with Crippen molar-refractivity contribution < 1.29 is 9.26 Å². The van der Waals surface area contributed by atoms with Crippen molar-refractivity contribution in [3.8, 4) is 11.4 Å². The molecular weight excluding hydrogens is 242 g/mol. The van der Waals surface area contributed by atoms with Crippen molar-refractivity contribution in [3.05, 3.63) is 30.2 Å². The van der Waals surface area contributed by atoms with Crippen molar-refractivity contribution in [2.75, 3.05) is 12.8 Å². The summed E-state index contributed by atoms with van der Waals surface area (Å²) in [6.45, 7) is 0. The van der Waals surface area contributed by atoms with E-state index in [-0.39, 0.29) is 5.60 Å². The molecule has 0 aliphatic heterocycles. The van der Waals surface area contributed by atoms with Gasteiger partial charge < -0.3 is 15.0 Å². The van der Waals surface area contributed by atoms with Crippen LogP contribution in [0, 0.1) is 0 Å². The van der Waals surface area contributed by atoms with Crippen LogP contribution in [0.15, 0.2) is 28.8 Å². The second kappa shape index (κ2) is 4.66. The Kier molecular flexibility index (Phi) is 2.98. The van der Waals surface area contributed by atoms with Crippen molar-refractivity contribution in [3.63, 3.8) is 0 Å². The molecule has 0 unspecified atom stereocenters. The fourth-order valence-corrected chi connectivity index (χ4v) is 2.42. The van der Waals surface area contributed by atoms with E-state index in [1.165, 1.54) is 6.42 Å². The molecule has 1 aromatic carbocycles. The number of nitrogens with zero attached hydrogens (tertiary/aromatic N) is 2. The summed E-state index contributed by atoms with van der Waals surface area (Å²) in [5.74, 6) is 1.20. The molecule has 2 aromatic rings. The summed E-state index contributed by atoms with van der Waals surface area (Å²) in [7, 11) is 1.74. The number of benzene rings is 1. The molecule has 1 heterocycles. The van der Waals surface area contributed by atoms with Gasteiger partial charge in [0.15, 0.2) is 0 Å². The molecule has 5 heteroatoms. The van der Waals surface area contributed by atoms with E-state index in [4.69, 9.17) is 15.0 Å². The maximum absolute atomic E-state index is 5.75. The summed E-state index contributed by atoms with van der Waals surface area (Å²) in [5, 5.41) is 4.01. The molecule has 0 atom stereocenters. The lowest BCUT2D eigenvalue weighted by molar-refractivity contribution is -0.0751. The minimum Gasteiger partial charge on any atom is -0.399 e. The maximum atomic E-state index is 5.75. The van der Waals surface area contributed by atoms with Gasteiger partial charge in [-0.25, -0.2) is 0 Å². The Hall–Kier alpha value is -1.88. The zero-order valence-corrected chi connectivity index (χ0v) is 10.9. The van der Waals surface area contributed by atoms with Gasteiger partial charge in [0.1, 0.15) is 0 Å². The van der Waals surface area contributed by atoms with Crippen LogP contribution in [0.1, 0.15) is 25.2 Å². The highest BCUT2D eigenvalue weighted by molar-refractivity contribution is 5.60. The molecule has 0 radical (unpaired) electrons. The summed E-state index contributed by atoms with van der Waals surface area (Å²) in [5.41, 5.74) is 7.21. The third-order valence-electron chi connectivity index (χ3n) is 3.78. The van der Waals surface area contributed by atoms with Crippen molar-refractivity contribution in [2.24, 2.45) is 0 Å². The van der Waals surface area contributed by atoms with Crippen molar-refractivity contribution in [2.45, 2.75) is 31.3 Å². The molecule has 5 nitrogen and oxygen atoms in total. The monoisotopic (exact) mass is 259 g/mol. The average molecular weight is 259 g/mol. The van der Waals surface area contributed by atoms with Crippen molar-refractivity contribution in [1.82, 2.24) is 10.1 Å². The normalized spacial score (nSPS) is 17.1. The number of nitrogen functional groups attached to an aromatic ring is 1. The fourth-order valence-electron chi connectivity index (χ4n) is 2.42. The SMILES string of the molecule is COC1(Cc2nc(-c3cccc(N)c3)no2)CCC1. The molecule has 0 bridgehead atoms. The van der Waals surface area contributed by atoms with Crippen LogP contribution in [0.3, 0.4) is 0 Å². The molecule has 1 saturated carbocycles. The summed E-state index contributed by atoms with van der Waals surface area (Å²) in [6.07, 6.45) is 3.99. The molecule has 0 amide bonds. The van der Waals surface area contributed by atoms with Gasteiger partial charge in [-0.3, -0.25) is 0 Å². The van der Waals surface area contributed by atoms with E-state index in [0.717, 1.165) is 18.4 Å². The van der Waals surface area contributed by atoms with Crippen LogP contribution in [0.25, 0.3) is 11.4 Å². The second-order valence-corrected chi connectivity index (χ2v) is 5.05. The maximum Gasteiger partial charge on any atom is 0.229 e. The van der Waals surface area contributed by atoms with Gasteiger partial charge in [-0.2, -0.15) is 4.98 Å². The Balaban J connectivity index is 1.80. The average Bonchev–Trinajstić information content (AvgIpc) is 2.82. The number of methoxy groups -OCH3 is 1. The number of hydrogen-bond acceptors (Lipinski definition) is 5. The van der Waals surface area contributed by atoms with Gasteiger partial charge in [0.25, 0.3) is 0 Å². The van der Waals surface area contributed by atoms with Crippen LogP contribution < -0.4 is 5.73 Å². The molecule has 0 spiro atoms. The largest absolute Gasteiger partial charge is 0.399 e. The van der Waals surface area contributed by atoms with Crippen molar-refractivity contribution in [1.29, 1.82) is 0 Å². The molecule has 0 saturated heterocycles. The fraction of sp³-hybridized carbons (Fsp3) is 0.429. The Bertz CT molecular complexity index is 570. The van der Waals surface area contributed by atoms with E-state index in [2.05, 4.69) is 10.1 Å². The van der Waals surface area contributed by atoms with E-state index >= 15 is 0 Å². The summed E-state index contributed by atoms with van der Waals surface area (Å²) < 4.78 is 10.9. The number of anilines is 1. The molecule has 3 rings (SSSR count). The highest BCUT2D eigenvalue weighted by Gasteiger charge is 2.38. The van der Waals surface area contributed by atoms with Crippen LogP contribution in [0.4, 0.5) is 5.69 Å². The van der Waals surface area contributed by atoms with Crippen LogP contribution in [-0.4, -0.2) is 22.9 Å². The van der Waals surface area contributed by atoms with Crippen LogP contribution in [0.2, 0.25) is 0 Å². The van der Waals surface area contributed by atoms with Crippen LogP contribution >= 0.6 is 0 Å². The van der Waals surface area contributed by atoms with E-state index in [0.29, 0.717) is 23.8 Å². The Morgan fingerprint density at radius 3 is 2.89 bits per heavy atom. The number of nitrogens with two attached hydrogens (primary N) is 1. The first-order valence-electron chi connectivity index (χ1n) is 6.44. The highest BCUT2D eigenvalue weighted by atomic mass is 16.5. The quantitative estimate of drug-likeness (QED) is 0.853. The summed E-state index contributed by atoms with van der Waals surface area (Å²) >= 11 is 0. The molecule has 19 heavy (non-hydrogen) atoms. The zero-order valence-electron chi connectivity index (χ0n) is 10.9. The van der Waals surface area contributed by atoms with Gasteiger partial charge in [-0.15, -0.1) is 0 Å². The van der Waals surface area contributed by atoms with Crippen LogP contribution in [0.5, 0.6) is 0 Å². The number of rotatable bonds is 4. The van der Waals surface area contributed by atoms with Gasteiger partial charge in [0.2, 0.25) is 11.7 Å².